The lowest BCUT2D eigenvalue weighted by Crippen LogP contribution is -2.49. The number of carbonyl (C=O) groups excluding carboxylic acids is 1. The summed E-state index contributed by atoms with van der Waals surface area (Å²) in [4.78, 5) is 12.3. The van der Waals surface area contributed by atoms with Crippen LogP contribution in [0, 0.1) is 6.92 Å². The molecule has 1 amide bonds. The van der Waals surface area contributed by atoms with E-state index < -0.39 is 0 Å². The van der Waals surface area contributed by atoms with Crippen molar-refractivity contribution in [3.63, 3.8) is 0 Å². The van der Waals surface area contributed by atoms with Crippen LogP contribution in [0.5, 0.6) is 0 Å². The second kappa shape index (κ2) is 6.08. The Bertz CT molecular complexity index is 660. The molecular formula is C16H21ClN2O2. The number of hydrogen-bond acceptors (Lipinski definition) is 3. The highest BCUT2D eigenvalue weighted by molar-refractivity contribution is 6.35. The van der Waals surface area contributed by atoms with Gasteiger partial charge >= 0.3 is 0 Å². The van der Waals surface area contributed by atoms with Crippen molar-refractivity contribution >= 4 is 28.5 Å². The smallest absolute Gasteiger partial charge is 0.287 e. The third-order valence-electron chi connectivity index (χ3n) is 4.13. The van der Waals surface area contributed by atoms with Crippen LogP contribution >= 0.6 is 11.6 Å². The Morgan fingerprint density at radius 3 is 2.62 bits per heavy atom. The van der Waals surface area contributed by atoms with Gasteiger partial charge in [0.1, 0.15) is 0 Å². The maximum atomic E-state index is 12.3. The average Bonchev–Trinajstić information content (AvgIpc) is 2.83. The fraction of sp³-hybridized carbons (Fsp3) is 0.438. The Balaban J connectivity index is 2.24. The predicted molar refractivity (Wildman–Crippen MR) is 85.8 cm³/mol. The summed E-state index contributed by atoms with van der Waals surface area (Å²) in [6, 6.07) is 5.48. The molecule has 2 rings (SSSR count). The molecule has 0 aliphatic rings. The number of aryl methyl sites for hydroxylation is 1. The Hall–Kier alpha value is -1.52. The van der Waals surface area contributed by atoms with Crippen LogP contribution in [-0.2, 0) is 0 Å². The van der Waals surface area contributed by atoms with Gasteiger partial charge in [-0.25, -0.2) is 0 Å². The highest BCUT2D eigenvalue weighted by Gasteiger charge is 2.24. The van der Waals surface area contributed by atoms with Gasteiger partial charge in [-0.1, -0.05) is 37.6 Å². The van der Waals surface area contributed by atoms with Crippen molar-refractivity contribution in [2.24, 2.45) is 5.73 Å². The molecule has 0 unspecified atom stereocenters. The summed E-state index contributed by atoms with van der Waals surface area (Å²) in [6.45, 7) is 6.30. The quantitative estimate of drug-likeness (QED) is 0.886. The van der Waals surface area contributed by atoms with E-state index in [1.165, 1.54) is 0 Å². The number of nitrogens with one attached hydrogen (secondary N) is 1. The van der Waals surface area contributed by atoms with Crippen LogP contribution in [0.15, 0.2) is 22.6 Å². The zero-order chi connectivity index (χ0) is 15.6. The molecule has 1 aromatic carbocycles. The van der Waals surface area contributed by atoms with E-state index in [1.54, 1.807) is 6.07 Å². The van der Waals surface area contributed by atoms with Crippen molar-refractivity contribution in [1.29, 1.82) is 0 Å². The molecule has 3 N–H and O–H groups in total. The Morgan fingerprint density at radius 2 is 2.05 bits per heavy atom. The summed E-state index contributed by atoms with van der Waals surface area (Å²) < 4.78 is 5.64. The van der Waals surface area contributed by atoms with E-state index in [-0.39, 0.29) is 11.4 Å². The number of hydrogen-bond donors (Lipinski definition) is 2. The molecule has 0 atom stereocenters. The average molecular weight is 309 g/mol. The van der Waals surface area contributed by atoms with E-state index in [4.69, 9.17) is 21.8 Å². The van der Waals surface area contributed by atoms with Gasteiger partial charge in [-0.3, -0.25) is 4.79 Å². The molecule has 0 saturated carbocycles. The lowest BCUT2D eigenvalue weighted by Gasteiger charge is -2.26. The van der Waals surface area contributed by atoms with Crippen LogP contribution in [-0.4, -0.2) is 18.0 Å². The molecule has 0 aliphatic carbocycles. The molecule has 0 radical (unpaired) electrons. The first-order valence-electron chi connectivity index (χ1n) is 7.16. The number of fused-ring (bicyclic) bond motifs is 1. The molecule has 0 aliphatic heterocycles. The minimum absolute atomic E-state index is 0.253. The summed E-state index contributed by atoms with van der Waals surface area (Å²) in [5.74, 6) is 0.0455. The minimum Gasteiger partial charge on any atom is -0.449 e. The van der Waals surface area contributed by atoms with Gasteiger partial charge in [-0.15, -0.1) is 0 Å². The minimum atomic E-state index is -0.382. The topological polar surface area (TPSA) is 68.3 Å². The maximum Gasteiger partial charge on any atom is 0.287 e. The van der Waals surface area contributed by atoms with Gasteiger partial charge < -0.3 is 15.5 Å². The molecule has 2 aromatic rings. The first-order valence-corrected chi connectivity index (χ1v) is 7.54. The van der Waals surface area contributed by atoms with Crippen molar-refractivity contribution in [2.75, 3.05) is 6.54 Å². The third-order valence-corrected chi connectivity index (χ3v) is 4.43. The molecule has 5 heteroatoms. The Kier molecular flexibility index (Phi) is 4.59. The molecule has 1 heterocycles. The van der Waals surface area contributed by atoms with Crippen molar-refractivity contribution in [3.05, 3.63) is 34.5 Å². The molecule has 0 bridgehead atoms. The van der Waals surface area contributed by atoms with Crippen molar-refractivity contribution in [3.8, 4) is 0 Å². The van der Waals surface area contributed by atoms with E-state index in [2.05, 4.69) is 5.32 Å². The van der Waals surface area contributed by atoms with Crippen LogP contribution in [0.1, 0.15) is 42.8 Å². The summed E-state index contributed by atoms with van der Waals surface area (Å²) >= 11 is 6.10. The molecule has 0 saturated heterocycles. The second-order valence-corrected chi connectivity index (χ2v) is 5.83. The Morgan fingerprint density at radius 1 is 1.38 bits per heavy atom. The number of rotatable bonds is 5. The van der Waals surface area contributed by atoms with E-state index >= 15 is 0 Å². The van der Waals surface area contributed by atoms with Gasteiger partial charge in [0.2, 0.25) is 0 Å². The summed E-state index contributed by atoms with van der Waals surface area (Å²) in [7, 11) is 0. The number of furan rings is 1. The van der Waals surface area contributed by atoms with Gasteiger partial charge in [0.25, 0.3) is 5.91 Å². The summed E-state index contributed by atoms with van der Waals surface area (Å²) in [5.41, 5.74) is 7.15. The first kappa shape index (κ1) is 15.9. The number of benzene rings is 1. The largest absolute Gasteiger partial charge is 0.449 e. The van der Waals surface area contributed by atoms with E-state index in [9.17, 15) is 4.79 Å². The lowest BCUT2D eigenvalue weighted by molar-refractivity contribution is 0.0915. The van der Waals surface area contributed by atoms with Crippen LogP contribution in [0.2, 0.25) is 5.02 Å². The van der Waals surface area contributed by atoms with Crippen LogP contribution in [0.25, 0.3) is 11.0 Å². The number of nitrogens with two attached hydrogens (primary N) is 1. The highest BCUT2D eigenvalue weighted by Crippen LogP contribution is 2.30. The van der Waals surface area contributed by atoms with E-state index in [1.807, 2.05) is 32.9 Å². The molecule has 4 nitrogen and oxygen atoms in total. The fourth-order valence-electron chi connectivity index (χ4n) is 2.26. The third kappa shape index (κ3) is 3.06. The number of halogens is 1. The normalized spacial score (nSPS) is 11.9. The Labute approximate surface area is 129 Å². The van der Waals surface area contributed by atoms with Gasteiger partial charge in [0.05, 0.1) is 5.02 Å². The summed E-state index contributed by atoms with van der Waals surface area (Å²) in [6.07, 6.45) is 1.60. The molecular weight excluding hydrogens is 288 g/mol. The van der Waals surface area contributed by atoms with Gasteiger partial charge in [0, 0.05) is 23.0 Å². The second-order valence-electron chi connectivity index (χ2n) is 5.42. The fourth-order valence-corrected chi connectivity index (χ4v) is 2.48. The maximum absolute atomic E-state index is 12.3. The number of carbonyl (C=O) groups is 1. The van der Waals surface area contributed by atoms with Gasteiger partial charge in [-0.2, -0.15) is 0 Å². The molecule has 0 fully saturated rings. The zero-order valence-electron chi connectivity index (χ0n) is 12.6. The van der Waals surface area contributed by atoms with Gasteiger partial charge in [-0.05, 0) is 25.8 Å². The SMILES string of the molecule is CCC(N)(CC)CNC(=O)c1oc2c(Cl)cccc2c1C. The summed E-state index contributed by atoms with van der Waals surface area (Å²) in [5, 5.41) is 4.23. The van der Waals surface area contributed by atoms with Crippen LogP contribution in [0.3, 0.4) is 0 Å². The van der Waals surface area contributed by atoms with Crippen LogP contribution < -0.4 is 11.1 Å². The van der Waals surface area contributed by atoms with Crippen molar-refractivity contribution in [1.82, 2.24) is 5.32 Å². The van der Waals surface area contributed by atoms with Crippen molar-refractivity contribution < 1.29 is 9.21 Å². The molecule has 114 valence electrons. The van der Waals surface area contributed by atoms with Gasteiger partial charge in [0.15, 0.2) is 11.3 Å². The van der Waals surface area contributed by atoms with E-state index in [0.29, 0.717) is 22.9 Å². The van der Waals surface area contributed by atoms with Crippen molar-refractivity contribution in [2.45, 2.75) is 39.2 Å². The molecule has 1 aromatic heterocycles. The highest BCUT2D eigenvalue weighted by atomic mass is 35.5. The van der Waals surface area contributed by atoms with E-state index in [0.717, 1.165) is 23.8 Å². The van der Waals surface area contributed by atoms with Crippen LogP contribution in [0.4, 0.5) is 0 Å². The number of amides is 1. The first-order chi connectivity index (χ1) is 9.91. The lowest BCUT2D eigenvalue weighted by atomic mass is 9.94. The predicted octanol–water partition coefficient (Wildman–Crippen LogP) is 3.64. The number of para-hydroxylation sites is 1. The monoisotopic (exact) mass is 308 g/mol. The molecule has 0 spiro atoms. The molecule has 21 heavy (non-hydrogen) atoms. The zero-order valence-corrected chi connectivity index (χ0v) is 13.4. The standard InChI is InChI=1S/C16H21ClN2O2/c1-4-16(18,5-2)9-19-15(20)13-10(3)11-7-6-8-12(17)14(11)21-13/h6-8H,4-5,9,18H2,1-3H3,(H,19,20).